The van der Waals surface area contributed by atoms with Gasteiger partial charge in [-0.1, -0.05) is 74.9 Å². The van der Waals surface area contributed by atoms with Crippen molar-refractivity contribution < 1.29 is 26.7 Å². The first kappa shape index (κ1) is 26.1. The molecule has 0 atom stereocenters. The van der Waals surface area contributed by atoms with Crippen molar-refractivity contribution in [3.8, 4) is 11.5 Å². The summed E-state index contributed by atoms with van der Waals surface area (Å²) in [6.07, 6.45) is 5.94. The van der Waals surface area contributed by atoms with E-state index in [4.69, 9.17) is 0 Å². The smallest absolute Gasteiger partial charge is 0.873 e. The number of para-hydroxylation sites is 2. The molecule has 3 aromatic rings. The molecule has 0 amide bonds. The number of nitrogens with zero attached hydrogens (tertiary/aromatic N) is 2. The van der Waals surface area contributed by atoms with Crippen LogP contribution in [-0.2, 0) is 22.9 Å². The summed E-state index contributed by atoms with van der Waals surface area (Å²) >= 11 is 0. The molecule has 0 aromatic heterocycles. The molecule has 0 aliphatic heterocycles. The van der Waals surface area contributed by atoms with Gasteiger partial charge in [-0.05, 0) is 49.1 Å². The molecule has 0 unspecified atom stereocenters. The van der Waals surface area contributed by atoms with Crippen LogP contribution in [0.5, 0.6) is 11.5 Å². The van der Waals surface area contributed by atoms with Crippen LogP contribution < -0.4 is 10.2 Å². The number of rotatable bonds is 7. The van der Waals surface area contributed by atoms with Gasteiger partial charge in [-0.2, -0.15) is 0 Å². The van der Waals surface area contributed by atoms with Crippen LogP contribution in [0.1, 0.15) is 38.7 Å². The van der Waals surface area contributed by atoms with Gasteiger partial charge in [0.2, 0.25) is 0 Å². The first-order valence-corrected chi connectivity index (χ1v) is 10.3. The van der Waals surface area contributed by atoms with Crippen molar-refractivity contribution in [3.63, 3.8) is 0 Å². The Labute approximate surface area is 195 Å². The van der Waals surface area contributed by atoms with E-state index in [1.807, 2.05) is 73.8 Å². The molecule has 0 N–H and O–H groups in total. The predicted molar refractivity (Wildman–Crippen MR) is 122 cm³/mol. The predicted octanol–water partition coefficient (Wildman–Crippen LogP) is 5.75. The zero-order valence-corrected chi connectivity index (χ0v) is 18.9. The zero-order chi connectivity index (χ0) is 21.6. The van der Waals surface area contributed by atoms with E-state index < -0.39 is 11.5 Å². The molecule has 31 heavy (non-hydrogen) atoms. The molecule has 0 radical (unpaired) electrons. The Morgan fingerprint density at radius 1 is 0.806 bits per heavy atom. The van der Waals surface area contributed by atoms with E-state index in [0.717, 1.165) is 48.3 Å². The summed E-state index contributed by atoms with van der Waals surface area (Å²) in [5, 5.41) is 21.3. The summed E-state index contributed by atoms with van der Waals surface area (Å²) in [6.45, 7) is 4.13. The standard InChI is InChI=1S/C18H20N2.C8H10O2.Ni/c1-2-3-10-18(20-17-13-8-5-9-14-17)15-19-16-11-6-4-7-12-16;1-2-6-3-4-7(9)8(10)5-6;/h4-9,11-15H,2-3,10H2,1H3;3-5,9-10H,2H2,1H3;/q;;+2/p-2. The molecule has 0 aliphatic carbocycles. The van der Waals surface area contributed by atoms with Crippen LogP contribution in [0.4, 0.5) is 11.4 Å². The van der Waals surface area contributed by atoms with Crippen molar-refractivity contribution in [2.24, 2.45) is 9.98 Å². The minimum atomic E-state index is -0.419. The van der Waals surface area contributed by atoms with Crippen molar-refractivity contribution in [3.05, 3.63) is 84.4 Å². The van der Waals surface area contributed by atoms with Crippen LogP contribution in [0.15, 0.2) is 88.8 Å². The first-order valence-electron chi connectivity index (χ1n) is 10.3. The molecule has 0 saturated carbocycles. The maximum Gasteiger partial charge on any atom is 2.00 e. The second kappa shape index (κ2) is 15.0. The zero-order valence-electron chi connectivity index (χ0n) is 17.9. The van der Waals surface area contributed by atoms with E-state index in [2.05, 4.69) is 16.9 Å². The van der Waals surface area contributed by atoms with Gasteiger partial charge < -0.3 is 10.2 Å². The van der Waals surface area contributed by atoms with E-state index >= 15 is 0 Å². The first-order chi connectivity index (χ1) is 14.6. The molecule has 0 fully saturated rings. The van der Waals surface area contributed by atoms with Crippen molar-refractivity contribution >= 4 is 23.3 Å². The Kier molecular flexibility index (Phi) is 12.6. The van der Waals surface area contributed by atoms with Crippen LogP contribution >= 0.6 is 0 Å². The maximum atomic E-state index is 10.7. The summed E-state index contributed by atoms with van der Waals surface area (Å²) in [5.74, 6) is -0.823. The minimum absolute atomic E-state index is 0. The van der Waals surface area contributed by atoms with E-state index in [-0.39, 0.29) is 16.5 Å². The number of aliphatic imine (C=N–C) groups is 2. The third-order valence-corrected chi connectivity index (χ3v) is 4.35. The molecule has 0 bridgehead atoms. The number of unbranched alkanes of at least 4 members (excludes halogenated alkanes) is 1. The number of hydrogen-bond donors (Lipinski definition) is 0. The Morgan fingerprint density at radius 2 is 1.42 bits per heavy atom. The summed E-state index contributed by atoms with van der Waals surface area (Å²) < 4.78 is 0. The molecule has 0 saturated heterocycles. The molecule has 0 aliphatic rings. The van der Waals surface area contributed by atoms with Crippen LogP contribution in [0.2, 0.25) is 0 Å². The molecule has 0 spiro atoms. The molecular weight excluding hydrogens is 431 g/mol. The monoisotopic (exact) mass is 458 g/mol. The summed E-state index contributed by atoms with van der Waals surface area (Å²) in [5.41, 5.74) is 3.90. The van der Waals surface area contributed by atoms with Gasteiger partial charge in [0.05, 0.1) is 17.1 Å². The van der Waals surface area contributed by atoms with E-state index in [1.165, 1.54) is 12.1 Å². The van der Waals surface area contributed by atoms with E-state index in [9.17, 15) is 10.2 Å². The van der Waals surface area contributed by atoms with Gasteiger partial charge in [-0.3, -0.25) is 9.98 Å². The van der Waals surface area contributed by atoms with Gasteiger partial charge in [0.1, 0.15) is 0 Å². The van der Waals surface area contributed by atoms with Gasteiger partial charge in [-0.15, -0.1) is 11.5 Å². The minimum Gasteiger partial charge on any atom is -0.873 e. The van der Waals surface area contributed by atoms with Crippen LogP contribution in [0, 0.1) is 0 Å². The average molecular weight is 459 g/mol. The Morgan fingerprint density at radius 3 is 1.97 bits per heavy atom. The fourth-order valence-electron chi connectivity index (χ4n) is 2.61. The molecule has 3 aromatic carbocycles. The fourth-order valence-corrected chi connectivity index (χ4v) is 2.61. The Hall–Kier alpha value is -2.91. The molecule has 3 rings (SSSR count). The quantitative estimate of drug-likeness (QED) is 0.334. The molecule has 5 heteroatoms. The fraction of sp³-hybridized carbons (Fsp3) is 0.231. The largest absolute Gasteiger partial charge is 2.00 e. The Balaban J connectivity index is 0.000000370. The molecule has 0 heterocycles. The average Bonchev–Trinajstić information content (AvgIpc) is 2.79. The van der Waals surface area contributed by atoms with E-state index in [0.29, 0.717) is 0 Å². The SMILES string of the molecule is CCCCC(C=Nc1ccccc1)=Nc1ccccc1.CCc1ccc([O-])c([O-])c1.[Ni+2]. The van der Waals surface area contributed by atoms with Gasteiger partial charge in [0.15, 0.2) is 0 Å². The maximum absolute atomic E-state index is 10.7. The van der Waals surface area contributed by atoms with Crippen molar-refractivity contribution in [1.82, 2.24) is 0 Å². The van der Waals surface area contributed by atoms with Gasteiger partial charge in [0.25, 0.3) is 0 Å². The number of benzene rings is 3. The molecule has 164 valence electrons. The second-order valence-corrected chi connectivity index (χ2v) is 6.77. The molecule has 4 nitrogen and oxygen atoms in total. The number of hydrogen-bond acceptors (Lipinski definition) is 4. The normalized spacial score (nSPS) is 10.8. The van der Waals surface area contributed by atoms with Gasteiger partial charge in [-0.25, -0.2) is 0 Å². The Bertz CT molecular complexity index is 942. The van der Waals surface area contributed by atoms with Crippen molar-refractivity contribution in [2.75, 3.05) is 0 Å². The van der Waals surface area contributed by atoms with Crippen molar-refractivity contribution in [2.45, 2.75) is 39.5 Å². The topological polar surface area (TPSA) is 70.8 Å². The third-order valence-electron chi connectivity index (χ3n) is 4.35. The van der Waals surface area contributed by atoms with Gasteiger partial charge in [0, 0.05) is 6.21 Å². The van der Waals surface area contributed by atoms with Gasteiger partial charge >= 0.3 is 16.5 Å². The second-order valence-electron chi connectivity index (χ2n) is 6.77. The van der Waals surface area contributed by atoms with E-state index in [1.54, 1.807) is 6.07 Å². The summed E-state index contributed by atoms with van der Waals surface area (Å²) in [7, 11) is 0. The van der Waals surface area contributed by atoms with Crippen LogP contribution in [0.25, 0.3) is 0 Å². The third kappa shape index (κ3) is 10.1. The summed E-state index contributed by atoms with van der Waals surface area (Å²) in [4.78, 5) is 9.18. The number of aryl methyl sites for hydroxylation is 1. The molecular formula is C26H28N2NiO2. The van der Waals surface area contributed by atoms with Crippen LogP contribution in [0.3, 0.4) is 0 Å². The summed E-state index contributed by atoms with van der Waals surface area (Å²) in [6, 6.07) is 24.4. The van der Waals surface area contributed by atoms with Crippen molar-refractivity contribution in [1.29, 1.82) is 0 Å². The van der Waals surface area contributed by atoms with Crippen LogP contribution in [-0.4, -0.2) is 11.9 Å².